The number of allylic oxidation sites excluding steroid dienone is 1. The van der Waals surface area contributed by atoms with Gasteiger partial charge in [-0.3, -0.25) is 0 Å². The molecule has 0 radical (unpaired) electrons. The Labute approximate surface area is 143 Å². The molecule has 0 spiro atoms. The van der Waals surface area contributed by atoms with Gasteiger partial charge >= 0.3 is 12.1 Å². The van der Waals surface area contributed by atoms with Crippen molar-refractivity contribution in [3.8, 4) is 11.1 Å². The van der Waals surface area contributed by atoms with Gasteiger partial charge in [0, 0.05) is 23.3 Å². The molecule has 1 unspecified atom stereocenters. The molecule has 0 N–H and O–H groups in total. The molecule has 26 heavy (non-hydrogen) atoms. The van der Waals surface area contributed by atoms with Crippen molar-refractivity contribution < 1.29 is 30.7 Å². The van der Waals surface area contributed by atoms with Gasteiger partial charge in [-0.05, 0) is 12.1 Å². The minimum atomic E-state index is -4.88. The predicted molar refractivity (Wildman–Crippen MR) is 82.2 cm³/mol. The molecule has 0 aromatic heterocycles. The molecule has 0 aliphatic carbocycles. The topological polar surface area (TPSA) is 12.4 Å². The molecule has 0 saturated carbocycles. The molecule has 136 valence electrons. The Morgan fingerprint density at radius 3 is 2.08 bits per heavy atom. The third-order valence-corrected chi connectivity index (χ3v) is 3.94. The van der Waals surface area contributed by atoms with Gasteiger partial charge in [-0.2, -0.15) is 13.2 Å². The van der Waals surface area contributed by atoms with Crippen LogP contribution in [0.25, 0.3) is 11.1 Å². The van der Waals surface area contributed by atoms with Gasteiger partial charge in [-0.25, -0.2) is 13.2 Å². The van der Waals surface area contributed by atoms with E-state index in [9.17, 15) is 30.7 Å². The third kappa shape index (κ3) is 2.88. The van der Waals surface area contributed by atoms with E-state index in [1.165, 1.54) is 24.3 Å². The predicted octanol–water partition coefficient (Wildman–Crippen LogP) is 5.45. The van der Waals surface area contributed by atoms with Crippen LogP contribution in [0.1, 0.15) is 0 Å². The first-order chi connectivity index (χ1) is 12.0. The van der Waals surface area contributed by atoms with E-state index in [4.69, 9.17) is 0 Å². The number of benzene rings is 2. The quantitative estimate of drug-likeness (QED) is 0.286. The van der Waals surface area contributed by atoms with Crippen LogP contribution in [0.5, 0.6) is 0 Å². The Morgan fingerprint density at radius 2 is 1.46 bits per heavy atom. The summed E-state index contributed by atoms with van der Waals surface area (Å²) in [5.41, 5.74) is -2.17. The van der Waals surface area contributed by atoms with E-state index in [1.54, 1.807) is 0 Å². The smallest absolute Gasteiger partial charge is 0.206 e. The molecule has 1 heterocycles. The number of halogens is 7. The first-order valence-corrected chi connectivity index (χ1v) is 7.20. The molecule has 1 atom stereocenters. The molecule has 9 heteroatoms. The molecule has 0 bridgehead atoms. The molecule has 1 aliphatic heterocycles. The zero-order valence-corrected chi connectivity index (χ0v) is 13.1. The van der Waals surface area contributed by atoms with Crippen molar-refractivity contribution in [2.24, 2.45) is 5.10 Å². The first kappa shape index (κ1) is 18.1. The summed E-state index contributed by atoms with van der Waals surface area (Å²) in [5.74, 6) is -5.18. The fourth-order valence-corrected chi connectivity index (χ4v) is 2.65. The minimum absolute atomic E-state index is 0.123. The zero-order valence-electron chi connectivity index (χ0n) is 13.1. The van der Waals surface area contributed by atoms with Crippen molar-refractivity contribution in [3.63, 3.8) is 0 Å². The molecule has 2 aromatic rings. The number of nitrogens with zero attached hydrogens (tertiary/aromatic N) is 2. The number of hydrogen-bond donors (Lipinski definition) is 0. The summed E-state index contributed by atoms with van der Waals surface area (Å²) in [4.78, 5) is 0. The van der Waals surface area contributed by atoms with Gasteiger partial charge in [0.2, 0.25) is 5.71 Å². The van der Waals surface area contributed by atoms with Gasteiger partial charge in [0.15, 0.2) is 17.3 Å². The molecular formula is C17H10F7N2+. The maximum absolute atomic E-state index is 14.4. The van der Waals surface area contributed by atoms with Crippen molar-refractivity contribution in [1.82, 2.24) is 4.59 Å². The van der Waals surface area contributed by atoms with E-state index in [1.807, 2.05) is 0 Å². The van der Waals surface area contributed by atoms with Crippen LogP contribution >= 0.6 is 0 Å². The van der Waals surface area contributed by atoms with Crippen molar-refractivity contribution >= 4 is 11.4 Å². The van der Waals surface area contributed by atoms with Crippen molar-refractivity contribution in [2.75, 3.05) is 7.05 Å². The number of alkyl halides is 3. The molecule has 3 rings (SSSR count). The number of quaternary nitrogens is 1. The second-order valence-electron chi connectivity index (χ2n) is 5.67. The van der Waals surface area contributed by atoms with Crippen LogP contribution in [0.3, 0.4) is 0 Å². The summed E-state index contributed by atoms with van der Waals surface area (Å²) in [6.45, 7) is 0. The molecule has 2 nitrogen and oxygen atoms in total. The van der Waals surface area contributed by atoms with Crippen LogP contribution in [-0.2, 0) is 0 Å². The van der Waals surface area contributed by atoms with Gasteiger partial charge in [-0.15, -0.1) is 8.98 Å². The monoisotopic (exact) mass is 375 g/mol. The Morgan fingerprint density at radius 1 is 0.846 bits per heavy atom. The molecule has 2 aromatic carbocycles. The van der Waals surface area contributed by atoms with E-state index in [0.29, 0.717) is 12.1 Å². The van der Waals surface area contributed by atoms with Crippen molar-refractivity contribution in [2.45, 2.75) is 6.18 Å². The second kappa shape index (κ2) is 5.94. The second-order valence-corrected chi connectivity index (χ2v) is 5.67. The van der Waals surface area contributed by atoms with Gasteiger partial charge in [-0.1, -0.05) is 17.2 Å². The summed E-state index contributed by atoms with van der Waals surface area (Å²) in [6, 6.07) is 6.13. The van der Waals surface area contributed by atoms with Crippen molar-refractivity contribution in [1.29, 1.82) is 0 Å². The Hall–Kier alpha value is -2.68. The van der Waals surface area contributed by atoms with Gasteiger partial charge in [0.05, 0.1) is 6.08 Å². The van der Waals surface area contributed by atoms with E-state index in [0.717, 1.165) is 7.05 Å². The van der Waals surface area contributed by atoms with Crippen LogP contribution < -0.4 is 4.59 Å². The fraction of sp³-hybridized carbons (Fsp3) is 0.118. The maximum atomic E-state index is 14.4. The fourth-order valence-electron chi connectivity index (χ4n) is 2.65. The SMILES string of the molecule is C[N+]1(c2ccccc2-c2cc(F)c(F)cc2F)N=C(C(F)(F)F)C=C1F. The summed E-state index contributed by atoms with van der Waals surface area (Å²) >= 11 is 0. The largest absolute Gasteiger partial charge is 0.438 e. The number of rotatable bonds is 2. The van der Waals surface area contributed by atoms with E-state index in [-0.39, 0.29) is 17.3 Å². The Bertz CT molecular complexity index is 947. The van der Waals surface area contributed by atoms with Crippen molar-refractivity contribution in [3.05, 3.63) is 65.9 Å². The summed E-state index contributed by atoms with van der Waals surface area (Å²) < 4.78 is 92.5. The Balaban J connectivity index is 2.23. The lowest BCUT2D eigenvalue weighted by atomic mass is 10.0. The lowest BCUT2D eigenvalue weighted by Gasteiger charge is -2.24. The maximum Gasteiger partial charge on any atom is 0.438 e. The van der Waals surface area contributed by atoms with Gasteiger partial charge in [0.25, 0.3) is 0 Å². The highest BCUT2D eigenvalue weighted by Gasteiger charge is 2.48. The minimum Gasteiger partial charge on any atom is -0.206 e. The third-order valence-electron chi connectivity index (χ3n) is 3.94. The van der Waals surface area contributed by atoms with E-state index < -0.39 is 45.4 Å². The van der Waals surface area contributed by atoms with Crippen LogP contribution in [0.4, 0.5) is 36.4 Å². The van der Waals surface area contributed by atoms with Crippen LogP contribution in [0, 0.1) is 17.5 Å². The highest BCUT2D eigenvalue weighted by atomic mass is 19.4. The highest BCUT2D eigenvalue weighted by Crippen LogP contribution is 2.42. The molecule has 0 saturated heterocycles. The molecule has 0 amide bonds. The Kier molecular flexibility index (Phi) is 4.14. The highest BCUT2D eigenvalue weighted by molar-refractivity contribution is 6.02. The summed E-state index contributed by atoms with van der Waals surface area (Å²) in [5, 5.41) is 3.37. The van der Waals surface area contributed by atoms with Gasteiger partial charge in [0.1, 0.15) is 12.9 Å². The lowest BCUT2D eigenvalue weighted by molar-refractivity contribution is -0.0581. The average Bonchev–Trinajstić information content (AvgIpc) is 2.88. The standard InChI is InChI=1S/C17H10F7N2/c1-26(16(21)8-15(25-26)17(22,23)24)14-5-3-2-4-9(14)10-6-12(19)13(20)7-11(10)18/h2-8H,1H3/q+1. The molecule has 1 aliphatic rings. The molecular weight excluding hydrogens is 365 g/mol. The van der Waals surface area contributed by atoms with Crippen LogP contribution in [0.15, 0.2) is 53.5 Å². The van der Waals surface area contributed by atoms with Crippen LogP contribution in [0.2, 0.25) is 0 Å². The first-order valence-electron chi connectivity index (χ1n) is 7.20. The molecule has 0 fully saturated rings. The lowest BCUT2D eigenvalue weighted by Crippen LogP contribution is -2.35. The zero-order chi connectivity index (χ0) is 19.3. The normalized spacial score (nSPS) is 20.2. The number of hydrogen-bond acceptors (Lipinski definition) is 1. The van der Waals surface area contributed by atoms with Gasteiger partial charge < -0.3 is 0 Å². The summed E-state index contributed by atoms with van der Waals surface area (Å²) in [7, 11) is 1.03. The summed E-state index contributed by atoms with van der Waals surface area (Å²) in [6.07, 6.45) is -4.64. The van der Waals surface area contributed by atoms with E-state index in [2.05, 4.69) is 5.10 Å². The average molecular weight is 375 g/mol. The van der Waals surface area contributed by atoms with E-state index >= 15 is 0 Å². The number of para-hydroxylation sites is 1. The van der Waals surface area contributed by atoms with Crippen LogP contribution in [-0.4, -0.2) is 18.9 Å².